The van der Waals surface area contributed by atoms with E-state index in [0.29, 0.717) is 15.4 Å². The summed E-state index contributed by atoms with van der Waals surface area (Å²) in [7, 11) is 0. The third kappa shape index (κ3) is 4.76. The first-order valence-corrected chi connectivity index (χ1v) is 8.53. The van der Waals surface area contributed by atoms with E-state index in [1.54, 1.807) is 18.2 Å². The van der Waals surface area contributed by atoms with Crippen molar-refractivity contribution in [3.63, 3.8) is 0 Å². The smallest absolute Gasteiger partial charge is 0.416 e. The largest absolute Gasteiger partial charge is 0.459 e. The number of amides is 2. The fourth-order valence-corrected chi connectivity index (χ4v) is 3.01. The maximum absolute atomic E-state index is 12.5. The van der Waals surface area contributed by atoms with E-state index in [1.165, 1.54) is 24.5 Å². The first kappa shape index (κ1) is 18.7. The Morgan fingerprint density at radius 1 is 1.00 bits per heavy atom. The minimum absolute atomic E-state index is 0.0863. The Kier molecular flexibility index (Phi) is 5.31. The Bertz CT molecular complexity index is 932. The summed E-state index contributed by atoms with van der Waals surface area (Å²) in [5.74, 6) is -0.673. The van der Waals surface area contributed by atoms with Crippen molar-refractivity contribution in [2.75, 3.05) is 5.32 Å². The molecule has 0 aliphatic heterocycles. The zero-order valence-corrected chi connectivity index (χ0v) is 14.5. The molecule has 1 aromatic carbocycles. The van der Waals surface area contributed by atoms with E-state index in [2.05, 4.69) is 10.6 Å². The molecule has 3 aromatic rings. The summed E-state index contributed by atoms with van der Waals surface area (Å²) in [6, 6.07) is 10.8. The third-order valence-corrected chi connectivity index (χ3v) is 4.55. The summed E-state index contributed by atoms with van der Waals surface area (Å²) < 4.78 is 42.6. The minimum atomic E-state index is -4.39. The maximum Gasteiger partial charge on any atom is 0.416 e. The Morgan fingerprint density at radius 3 is 2.37 bits per heavy atom. The standard InChI is InChI=1S/C18H13F3N2O3S/c19-18(20,21)12-5-3-11(4-6-12)10-22-17(25)14-7-8-15(27-14)23-16(24)13-2-1-9-26-13/h1-9H,10H2,(H,22,25)(H,23,24). The fraction of sp³-hybridized carbons (Fsp3) is 0.111. The van der Waals surface area contributed by atoms with Crippen LogP contribution in [-0.2, 0) is 12.7 Å². The Morgan fingerprint density at radius 2 is 1.74 bits per heavy atom. The molecule has 2 amide bonds. The Labute approximate surface area is 155 Å². The van der Waals surface area contributed by atoms with Gasteiger partial charge in [-0.3, -0.25) is 9.59 Å². The number of carbonyl (C=O) groups excluding carboxylic acids is 2. The van der Waals surface area contributed by atoms with Gasteiger partial charge >= 0.3 is 6.18 Å². The highest BCUT2D eigenvalue weighted by Gasteiger charge is 2.29. The summed E-state index contributed by atoms with van der Waals surface area (Å²) >= 11 is 1.07. The summed E-state index contributed by atoms with van der Waals surface area (Å²) in [4.78, 5) is 24.4. The number of rotatable bonds is 5. The number of furan rings is 1. The van der Waals surface area contributed by atoms with Gasteiger partial charge in [0.1, 0.15) is 0 Å². The average Bonchev–Trinajstić information content (AvgIpc) is 3.31. The molecule has 0 aliphatic rings. The van der Waals surface area contributed by atoms with Crippen LogP contribution in [0.3, 0.4) is 0 Å². The molecule has 3 rings (SSSR count). The molecular formula is C18H13F3N2O3S. The van der Waals surface area contributed by atoms with Crippen LogP contribution in [0.1, 0.15) is 31.4 Å². The van der Waals surface area contributed by atoms with E-state index in [0.717, 1.165) is 23.5 Å². The van der Waals surface area contributed by atoms with Crippen LogP contribution in [0, 0.1) is 0 Å². The lowest BCUT2D eigenvalue weighted by Gasteiger charge is -2.08. The van der Waals surface area contributed by atoms with E-state index in [1.807, 2.05) is 0 Å². The molecule has 0 atom stereocenters. The van der Waals surface area contributed by atoms with Crippen molar-refractivity contribution >= 4 is 28.2 Å². The first-order chi connectivity index (χ1) is 12.8. The SMILES string of the molecule is O=C(Nc1ccc(C(=O)NCc2ccc(C(F)(F)F)cc2)s1)c1ccco1. The Hall–Kier alpha value is -3.07. The lowest BCUT2D eigenvalue weighted by molar-refractivity contribution is -0.137. The van der Waals surface area contributed by atoms with E-state index >= 15 is 0 Å². The number of nitrogens with one attached hydrogen (secondary N) is 2. The quantitative estimate of drug-likeness (QED) is 0.667. The van der Waals surface area contributed by atoms with Crippen molar-refractivity contribution in [2.45, 2.75) is 12.7 Å². The molecule has 5 nitrogen and oxygen atoms in total. The van der Waals surface area contributed by atoms with Gasteiger partial charge in [0, 0.05) is 6.54 Å². The van der Waals surface area contributed by atoms with Gasteiger partial charge in [-0.15, -0.1) is 11.3 Å². The predicted molar refractivity (Wildman–Crippen MR) is 93.6 cm³/mol. The topological polar surface area (TPSA) is 71.3 Å². The summed E-state index contributed by atoms with van der Waals surface area (Å²) in [6.07, 6.45) is -3.02. The van der Waals surface area contributed by atoms with Crippen molar-refractivity contribution < 1.29 is 27.2 Å². The number of alkyl halides is 3. The van der Waals surface area contributed by atoms with Crippen molar-refractivity contribution in [1.29, 1.82) is 0 Å². The second kappa shape index (κ2) is 7.67. The molecule has 0 saturated heterocycles. The van der Waals surface area contributed by atoms with Crippen LogP contribution in [-0.4, -0.2) is 11.8 Å². The maximum atomic E-state index is 12.5. The third-order valence-electron chi connectivity index (χ3n) is 3.55. The Balaban J connectivity index is 1.56. The van der Waals surface area contributed by atoms with E-state index in [4.69, 9.17) is 4.42 Å². The highest BCUT2D eigenvalue weighted by molar-refractivity contribution is 7.18. The number of benzene rings is 1. The van der Waals surface area contributed by atoms with Gasteiger partial charge in [0.25, 0.3) is 11.8 Å². The van der Waals surface area contributed by atoms with Gasteiger partial charge in [0.05, 0.1) is 21.7 Å². The molecule has 0 fully saturated rings. The number of hydrogen-bond donors (Lipinski definition) is 2. The van der Waals surface area contributed by atoms with E-state index < -0.39 is 23.6 Å². The highest BCUT2D eigenvalue weighted by atomic mass is 32.1. The van der Waals surface area contributed by atoms with Gasteiger partial charge in [0.15, 0.2) is 5.76 Å². The fourth-order valence-electron chi connectivity index (χ4n) is 2.19. The van der Waals surface area contributed by atoms with Gasteiger partial charge < -0.3 is 15.1 Å². The van der Waals surface area contributed by atoms with Crippen molar-refractivity contribution in [2.24, 2.45) is 0 Å². The molecule has 0 radical (unpaired) electrons. The average molecular weight is 394 g/mol. The molecule has 27 heavy (non-hydrogen) atoms. The summed E-state index contributed by atoms with van der Waals surface area (Å²) in [5, 5.41) is 5.71. The van der Waals surface area contributed by atoms with Crippen molar-refractivity contribution in [1.82, 2.24) is 5.32 Å². The molecule has 9 heteroatoms. The van der Waals surface area contributed by atoms with E-state index in [-0.39, 0.29) is 12.3 Å². The predicted octanol–water partition coefficient (Wildman–Crippen LogP) is 4.54. The molecule has 0 unspecified atom stereocenters. The normalized spacial score (nSPS) is 11.2. The monoisotopic (exact) mass is 394 g/mol. The van der Waals surface area contributed by atoms with Gasteiger partial charge in [-0.25, -0.2) is 0 Å². The number of hydrogen-bond acceptors (Lipinski definition) is 4. The minimum Gasteiger partial charge on any atom is -0.459 e. The molecule has 2 N–H and O–H groups in total. The molecule has 0 bridgehead atoms. The number of halogens is 3. The van der Waals surface area contributed by atoms with Gasteiger partial charge in [-0.05, 0) is 42.0 Å². The number of anilines is 1. The van der Waals surface area contributed by atoms with Crippen LogP contribution in [0.25, 0.3) is 0 Å². The molecule has 2 aromatic heterocycles. The first-order valence-electron chi connectivity index (χ1n) is 7.72. The molecule has 2 heterocycles. The summed E-state index contributed by atoms with van der Waals surface area (Å²) in [6.45, 7) is 0.0863. The molecule has 0 saturated carbocycles. The molecular weight excluding hydrogens is 381 g/mol. The zero-order valence-electron chi connectivity index (χ0n) is 13.7. The van der Waals surface area contributed by atoms with Crippen LogP contribution < -0.4 is 10.6 Å². The van der Waals surface area contributed by atoms with Gasteiger partial charge in [-0.2, -0.15) is 13.2 Å². The van der Waals surface area contributed by atoms with Crippen LogP contribution >= 0.6 is 11.3 Å². The van der Waals surface area contributed by atoms with Crippen LogP contribution in [0.15, 0.2) is 59.2 Å². The highest BCUT2D eigenvalue weighted by Crippen LogP contribution is 2.29. The van der Waals surface area contributed by atoms with Gasteiger partial charge in [0.2, 0.25) is 0 Å². The van der Waals surface area contributed by atoms with Crippen LogP contribution in [0.4, 0.5) is 18.2 Å². The lowest BCUT2D eigenvalue weighted by atomic mass is 10.1. The summed E-state index contributed by atoms with van der Waals surface area (Å²) in [5.41, 5.74) is -0.202. The molecule has 0 spiro atoms. The van der Waals surface area contributed by atoms with Crippen molar-refractivity contribution in [3.8, 4) is 0 Å². The van der Waals surface area contributed by atoms with Crippen molar-refractivity contribution in [3.05, 3.63) is 76.6 Å². The number of carbonyl (C=O) groups is 2. The lowest BCUT2D eigenvalue weighted by Crippen LogP contribution is -2.21. The second-order valence-electron chi connectivity index (χ2n) is 5.47. The zero-order chi connectivity index (χ0) is 19.4. The van der Waals surface area contributed by atoms with E-state index in [9.17, 15) is 22.8 Å². The second-order valence-corrected chi connectivity index (χ2v) is 6.56. The molecule has 0 aliphatic carbocycles. The number of thiophene rings is 1. The molecule has 140 valence electrons. The van der Waals surface area contributed by atoms with Crippen LogP contribution in [0.5, 0.6) is 0 Å². The van der Waals surface area contributed by atoms with Crippen LogP contribution in [0.2, 0.25) is 0 Å². The van der Waals surface area contributed by atoms with Gasteiger partial charge in [-0.1, -0.05) is 12.1 Å².